The molecule has 1 aromatic carbocycles. The summed E-state index contributed by atoms with van der Waals surface area (Å²) in [4.78, 5) is 0. The van der Waals surface area contributed by atoms with Crippen molar-refractivity contribution in [3.63, 3.8) is 0 Å². The number of ether oxygens (including phenoxy) is 1. The summed E-state index contributed by atoms with van der Waals surface area (Å²) in [6.45, 7) is 6.76. The molecule has 0 fully saturated rings. The van der Waals surface area contributed by atoms with E-state index in [0.717, 1.165) is 12.0 Å². The fraction of sp³-hybridized carbons (Fsp3) is 0.562. The van der Waals surface area contributed by atoms with Crippen LogP contribution in [0.3, 0.4) is 0 Å². The second-order valence-electron chi connectivity index (χ2n) is 5.38. The van der Waals surface area contributed by atoms with Crippen molar-refractivity contribution in [2.75, 3.05) is 13.7 Å². The molecule has 19 heavy (non-hydrogen) atoms. The third-order valence-corrected chi connectivity index (χ3v) is 3.27. The molecule has 3 heteroatoms. The van der Waals surface area contributed by atoms with Crippen LogP contribution in [-0.4, -0.2) is 19.8 Å². The van der Waals surface area contributed by atoms with Gasteiger partial charge in [-0.2, -0.15) is 5.26 Å². The summed E-state index contributed by atoms with van der Waals surface area (Å²) in [7, 11) is 1.80. The number of nitriles is 1. The molecular weight excluding hydrogens is 236 g/mol. The predicted molar refractivity (Wildman–Crippen MR) is 77.7 cm³/mol. The topological polar surface area (TPSA) is 45.0 Å². The van der Waals surface area contributed by atoms with Gasteiger partial charge in [0.1, 0.15) is 0 Å². The van der Waals surface area contributed by atoms with E-state index in [1.165, 1.54) is 0 Å². The fourth-order valence-corrected chi connectivity index (χ4v) is 2.17. The maximum absolute atomic E-state index is 9.53. The molecule has 0 bridgehead atoms. The number of benzene rings is 1. The summed E-state index contributed by atoms with van der Waals surface area (Å²) in [5, 5.41) is 12.6. The molecule has 0 aliphatic carbocycles. The molecule has 0 saturated heterocycles. The summed E-state index contributed by atoms with van der Waals surface area (Å²) in [5.74, 6) is 0.595. The van der Waals surface area contributed by atoms with Crippen LogP contribution in [-0.2, 0) is 10.3 Å². The largest absolute Gasteiger partial charge is 0.375 e. The monoisotopic (exact) mass is 260 g/mol. The maximum atomic E-state index is 9.53. The lowest BCUT2D eigenvalue weighted by Crippen LogP contribution is -2.43. The number of nitrogens with one attached hydrogen (secondary N) is 1. The van der Waals surface area contributed by atoms with Crippen molar-refractivity contribution in [2.45, 2.75) is 38.8 Å². The molecule has 1 aromatic rings. The molecule has 0 heterocycles. The molecular formula is C16H24N2O. The van der Waals surface area contributed by atoms with Crippen molar-refractivity contribution in [3.05, 3.63) is 35.9 Å². The standard InChI is InChI=1S/C16H24N2O/c1-13(2)10-14(3)19-12-16(11-17,18-4)15-8-6-5-7-9-15/h5-9,13-14,18H,10,12H2,1-4H3. The lowest BCUT2D eigenvalue weighted by molar-refractivity contribution is 0.0233. The van der Waals surface area contributed by atoms with E-state index in [1.54, 1.807) is 7.05 Å². The van der Waals surface area contributed by atoms with Crippen LogP contribution in [0.1, 0.15) is 32.8 Å². The minimum Gasteiger partial charge on any atom is -0.375 e. The van der Waals surface area contributed by atoms with E-state index in [1.807, 2.05) is 30.3 Å². The van der Waals surface area contributed by atoms with Crippen LogP contribution in [0.4, 0.5) is 0 Å². The van der Waals surface area contributed by atoms with Crippen molar-refractivity contribution < 1.29 is 4.74 Å². The van der Waals surface area contributed by atoms with Crippen LogP contribution in [0.2, 0.25) is 0 Å². The zero-order valence-electron chi connectivity index (χ0n) is 12.3. The first-order valence-electron chi connectivity index (χ1n) is 6.81. The van der Waals surface area contributed by atoms with E-state index < -0.39 is 5.54 Å². The third kappa shape index (κ3) is 4.34. The molecule has 0 spiro atoms. The highest BCUT2D eigenvalue weighted by atomic mass is 16.5. The van der Waals surface area contributed by atoms with Crippen molar-refractivity contribution >= 4 is 0 Å². The van der Waals surface area contributed by atoms with Gasteiger partial charge in [0.05, 0.1) is 18.8 Å². The molecule has 0 radical (unpaired) electrons. The highest BCUT2D eigenvalue weighted by molar-refractivity contribution is 5.31. The van der Waals surface area contributed by atoms with Crippen LogP contribution in [0, 0.1) is 17.2 Å². The second kappa shape index (κ2) is 7.28. The van der Waals surface area contributed by atoms with Gasteiger partial charge in [-0.05, 0) is 31.9 Å². The SMILES string of the molecule is CNC(C#N)(COC(C)CC(C)C)c1ccccc1. The average Bonchev–Trinajstić information content (AvgIpc) is 2.41. The summed E-state index contributed by atoms with van der Waals surface area (Å²) >= 11 is 0. The normalized spacial score (nSPS) is 15.8. The van der Waals surface area contributed by atoms with Gasteiger partial charge in [0, 0.05) is 0 Å². The van der Waals surface area contributed by atoms with E-state index in [-0.39, 0.29) is 6.10 Å². The molecule has 1 N–H and O–H groups in total. The quantitative estimate of drug-likeness (QED) is 0.819. The minimum atomic E-state index is -0.771. The molecule has 1 rings (SSSR count). The molecule has 3 nitrogen and oxygen atoms in total. The highest BCUT2D eigenvalue weighted by Gasteiger charge is 2.31. The molecule has 2 unspecified atom stereocenters. The third-order valence-electron chi connectivity index (χ3n) is 3.27. The molecule has 2 atom stereocenters. The Labute approximate surface area is 116 Å². The molecule has 0 saturated carbocycles. The first kappa shape index (κ1) is 15.7. The van der Waals surface area contributed by atoms with E-state index in [4.69, 9.17) is 4.74 Å². The van der Waals surface area contributed by atoms with Crippen LogP contribution in [0.25, 0.3) is 0 Å². The lowest BCUT2D eigenvalue weighted by atomic mass is 9.92. The van der Waals surface area contributed by atoms with Gasteiger partial charge in [-0.3, -0.25) is 5.32 Å². The van der Waals surface area contributed by atoms with E-state index in [9.17, 15) is 5.26 Å². The Balaban J connectivity index is 2.76. The van der Waals surface area contributed by atoms with Crippen LogP contribution >= 0.6 is 0 Å². The van der Waals surface area contributed by atoms with Gasteiger partial charge in [-0.1, -0.05) is 44.2 Å². The number of hydrogen-bond acceptors (Lipinski definition) is 3. The Hall–Kier alpha value is -1.37. The first-order valence-corrected chi connectivity index (χ1v) is 6.81. The van der Waals surface area contributed by atoms with Gasteiger partial charge < -0.3 is 4.74 Å². The zero-order valence-corrected chi connectivity index (χ0v) is 12.3. The van der Waals surface area contributed by atoms with Crippen molar-refractivity contribution in [3.8, 4) is 6.07 Å². The average molecular weight is 260 g/mol. The van der Waals surface area contributed by atoms with Crippen LogP contribution < -0.4 is 5.32 Å². The highest BCUT2D eigenvalue weighted by Crippen LogP contribution is 2.22. The Bertz CT molecular complexity index is 411. The molecule has 0 amide bonds. The van der Waals surface area contributed by atoms with E-state index in [2.05, 4.69) is 32.2 Å². The molecule has 104 valence electrons. The lowest BCUT2D eigenvalue weighted by Gasteiger charge is -2.28. The molecule has 0 aliphatic heterocycles. The number of nitrogens with zero attached hydrogens (tertiary/aromatic N) is 1. The predicted octanol–water partition coefficient (Wildman–Crippen LogP) is 3.08. The van der Waals surface area contributed by atoms with Crippen LogP contribution in [0.5, 0.6) is 0 Å². The summed E-state index contributed by atoms with van der Waals surface area (Å²) in [6.07, 6.45) is 1.16. The maximum Gasteiger partial charge on any atom is 0.155 e. The van der Waals surface area contributed by atoms with Gasteiger partial charge in [0.15, 0.2) is 5.54 Å². The van der Waals surface area contributed by atoms with Gasteiger partial charge in [-0.25, -0.2) is 0 Å². The van der Waals surface area contributed by atoms with Gasteiger partial charge in [0.2, 0.25) is 0 Å². The molecule has 0 aromatic heterocycles. The van der Waals surface area contributed by atoms with Crippen molar-refractivity contribution in [2.24, 2.45) is 5.92 Å². The second-order valence-corrected chi connectivity index (χ2v) is 5.38. The zero-order chi connectivity index (χ0) is 14.3. The van der Waals surface area contributed by atoms with Gasteiger partial charge >= 0.3 is 0 Å². The Kier molecular flexibility index (Phi) is 6.01. The molecule has 0 aliphatic rings. The fourth-order valence-electron chi connectivity index (χ4n) is 2.17. The number of rotatable bonds is 7. The van der Waals surface area contributed by atoms with E-state index >= 15 is 0 Å². The Morgan fingerprint density at radius 2 is 1.89 bits per heavy atom. The first-order chi connectivity index (χ1) is 9.04. The van der Waals surface area contributed by atoms with Crippen LogP contribution in [0.15, 0.2) is 30.3 Å². The smallest absolute Gasteiger partial charge is 0.155 e. The summed E-state index contributed by atoms with van der Waals surface area (Å²) in [6, 6.07) is 12.1. The Morgan fingerprint density at radius 3 is 2.37 bits per heavy atom. The summed E-state index contributed by atoms with van der Waals surface area (Å²) in [5.41, 5.74) is 0.170. The van der Waals surface area contributed by atoms with E-state index in [0.29, 0.717) is 12.5 Å². The Morgan fingerprint density at radius 1 is 1.26 bits per heavy atom. The summed E-state index contributed by atoms with van der Waals surface area (Å²) < 4.78 is 5.87. The van der Waals surface area contributed by atoms with Crippen molar-refractivity contribution in [1.29, 1.82) is 5.26 Å². The number of hydrogen-bond donors (Lipinski definition) is 1. The van der Waals surface area contributed by atoms with Crippen molar-refractivity contribution in [1.82, 2.24) is 5.32 Å². The minimum absolute atomic E-state index is 0.157. The van der Waals surface area contributed by atoms with Gasteiger partial charge in [-0.15, -0.1) is 0 Å². The number of likely N-dealkylation sites (N-methyl/N-ethyl adjacent to an activating group) is 1. The van der Waals surface area contributed by atoms with Gasteiger partial charge in [0.25, 0.3) is 0 Å².